The molecule has 0 aromatic carbocycles. The first kappa shape index (κ1) is 13.0. The minimum Gasteiger partial charge on any atom is -0.481 e. The van der Waals surface area contributed by atoms with Gasteiger partial charge in [0, 0.05) is 0 Å². The minimum atomic E-state index is -1.52. The second kappa shape index (κ2) is 5.35. The molecular formula is C9H8ClNO6. The largest absolute Gasteiger partial charge is 0.481 e. The fraction of sp³-hybridized carbons (Fsp3) is 0.222. The van der Waals surface area contributed by atoms with Gasteiger partial charge in [0.2, 0.25) is 0 Å². The van der Waals surface area contributed by atoms with Crippen molar-refractivity contribution in [3.8, 4) is 0 Å². The molecule has 3 N–H and O–H groups in total. The zero-order chi connectivity index (χ0) is 13.0. The van der Waals surface area contributed by atoms with Gasteiger partial charge in [0.15, 0.2) is 11.0 Å². The van der Waals surface area contributed by atoms with Gasteiger partial charge in [0.1, 0.15) is 6.04 Å². The molecule has 92 valence electrons. The highest BCUT2D eigenvalue weighted by molar-refractivity contribution is 6.29. The van der Waals surface area contributed by atoms with Gasteiger partial charge < -0.3 is 19.9 Å². The predicted molar refractivity (Wildman–Crippen MR) is 54.9 cm³/mol. The topological polar surface area (TPSA) is 117 Å². The van der Waals surface area contributed by atoms with Gasteiger partial charge in [-0.1, -0.05) is 0 Å². The SMILES string of the molecule is O=C(O)C[C@@H](NC(=O)c1ccc(Cl)o1)C(=O)O. The lowest BCUT2D eigenvalue weighted by molar-refractivity contribution is -0.145. The van der Waals surface area contributed by atoms with Crippen molar-refractivity contribution < 1.29 is 29.0 Å². The highest BCUT2D eigenvalue weighted by atomic mass is 35.5. The van der Waals surface area contributed by atoms with E-state index >= 15 is 0 Å². The van der Waals surface area contributed by atoms with Crippen LogP contribution in [0.3, 0.4) is 0 Å². The molecule has 1 aromatic heterocycles. The molecule has 0 aliphatic rings. The van der Waals surface area contributed by atoms with Crippen molar-refractivity contribution in [2.75, 3.05) is 0 Å². The fourth-order valence-electron chi connectivity index (χ4n) is 1.04. The number of hydrogen-bond acceptors (Lipinski definition) is 4. The lowest BCUT2D eigenvalue weighted by Crippen LogP contribution is -2.42. The number of carboxylic acids is 2. The van der Waals surface area contributed by atoms with Crippen LogP contribution in [0.5, 0.6) is 0 Å². The molecule has 0 spiro atoms. The highest BCUT2D eigenvalue weighted by Gasteiger charge is 2.24. The number of amides is 1. The van der Waals surface area contributed by atoms with Gasteiger partial charge in [-0.25, -0.2) is 4.79 Å². The molecule has 0 aliphatic carbocycles. The molecule has 0 fully saturated rings. The zero-order valence-corrected chi connectivity index (χ0v) is 9.10. The first-order valence-electron chi connectivity index (χ1n) is 4.41. The molecule has 8 heteroatoms. The predicted octanol–water partition coefficient (Wildman–Crippen LogP) is 0.591. The summed E-state index contributed by atoms with van der Waals surface area (Å²) >= 11 is 5.43. The molecule has 1 heterocycles. The second-order valence-electron chi connectivity index (χ2n) is 3.07. The molecule has 0 radical (unpaired) electrons. The average molecular weight is 262 g/mol. The van der Waals surface area contributed by atoms with E-state index in [0.29, 0.717) is 0 Å². The maximum absolute atomic E-state index is 11.4. The van der Waals surface area contributed by atoms with E-state index in [1.807, 2.05) is 5.32 Å². The van der Waals surface area contributed by atoms with Crippen LogP contribution in [0.25, 0.3) is 0 Å². The van der Waals surface area contributed by atoms with Crippen LogP contribution in [0, 0.1) is 0 Å². The summed E-state index contributed by atoms with van der Waals surface area (Å²) in [7, 11) is 0. The van der Waals surface area contributed by atoms with Gasteiger partial charge in [-0.3, -0.25) is 9.59 Å². The van der Waals surface area contributed by atoms with Crippen LogP contribution >= 0.6 is 11.6 Å². The molecule has 0 unspecified atom stereocenters. The molecule has 7 nitrogen and oxygen atoms in total. The average Bonchev–Trinajstić information content (AvgIpc) is 2.63. The maximum Gasteiger partial charge on any atom is 0.326 e. The lowest BCUT2D eigenvalue weighted by atomic mass is 10.2. The molecule has 1 aromatic rings. The van der Waals surface area contributed by atoms with E-state index in [-0.39, 0.29) is 11.0 Å². The Hall–Kier alpha value is -2.02. The quantitative estimate of drug-likeness (QED) is 0.714. The monoisotopic (exact) mass is 261 g/mol. The van der Waals surface area contributed by atoms with Crippen LogP contribution < -0.4 is 5.32 Å². The summed E-state index contributed by atoms with van der Waals surface area (Å²) < 4.78 is 4.74. The molecule has 0 saturated heterocycles. The second-order valence-corrected chi connectivity index (χ2v) is 3.44. The van der Waals surface area contributed by atoms with Crippen molar-refractivity contribution in [3.63, 3.8) is 0 Å². The Morgan fingerprint density at radius 3 is 2.41 bits per heavy atom. The van der Waals surface area contributed by atoms with Crippen molar-refractivity contribution in [3.05, 3.63) is 23.1 Å². The van der Waals surface area contributed by atoms with Crippen molar-refractivity contribution >= 4 is 29.4 Å². The van der Waals surface area contributed by atoms with Crippen molar-refractivity contribution in [1.82, 2.24) is 5.32 Å². The first-order chi connectivity index (χ1) is 7.90. The van der Waals surface area contributed by atoms with Gasteiger partial charge >= 0.3 is 11.9 Å². The van der Waals surface area contributed by atoms with Crippen LogP contribution in [0.2, 0.25) is 5.22 Å². The number of halogens is 1. The maximum atomic E-state index is 11.4. The van der Waals surface area contributed by atoms with Gasteiger partial charge in [-0.2, -0.15) is 0 Å². The van der Waals surface area contributed by atoms with E-state index in [9.17, 15) is 14.4 Å². The Labute approximate surface area is 100.0 Å². The van der Waals surface area contributed by atoms with Crippen LogP contribution in [0.15, 0.2) is 16.5 Å². The summed E-state index contributed by atoms with van der Waals surface area (Å²) in [5.41, 5.74) is 0. The van der Waals surface area contributed by atoms with Crippen LogP contribution in [0.4, 0.5) is 0 Å². The Kier molecular flexibility index (Phi) is 4.11. The number of furan rings is 1. The van der Waals surface area contributed by atoms with E-state index < -0.39 is 30.3 Å². The third-order valence-corrected chi connectivity index (χ3v) is 1.98. The van der Waals surface area contributed by atoms with Crippen LogP contribution in [-0.2, 0) is 9.59 Å². The summed E-state index contributed by atoms with van der Waals surface area (Å²) in [6.07, 6.45) is -0.727. The summed E-state index contributed by atoms with van der Waals surface area (Å²) in [5.74, 6) is -3.81. The highest BCUT2D eigenvalue weighted by Crippen LogP contribution is 2.13. The van der Waals surface area contributed by atoms with Crippen LogP contribution in [0.1, 0.15) is 17.0 Å². The van der Waals surface area contributed by atoms with Gasteiger partial charge in [0.25, 0.3) is 5.91 Å². The van der Waals surface area contributed by atoms with Gasteiger partial charge in [-0.05, 0) is 23.7 Å². The number of carbonyl (C=O) groups is 3. The van der Waals surface area contributed by atoms with E-state index in [1.54, 1.807) is 0 Å². The standard InChI is InChI=1S/C9H8ClNO6/c10-6-2-1-5(17-6)8(14)11-4(9(15)16)3-7(12)13/h1-2,4H,3H2,(H,11,14)(H,12,13)(H,15,16)/t4-/m1/s1. The third-order valence-electron chi connectivity index (χ3n) is 1.78. The Morgan fingerprint density at radius 2 is 2.00 bits per heavy atom. The lowest BCUT2D eigenvalue weighted by Gasteiger charge is -2.10. The number of carbonyl (C=O) groups excluding carboxylic acids is 1. The van der Waals surface area contributed by atoms with Gasteiger partial charge in [-0.15, -0.1) is 0 Å². The number of hydrogen-bond donors (Lipinski definition) is 3. The number of rotatable bonds is 5. The number of carboxylic acid groups (broad SMARTS) is 2. The number of aliphatic carboxylic acids is 2. The van der Waals surface area contributed by atoms with E-state index in [0.717, 1.165) is 0 Å². The molecule has 0 saturated carbocycles. The van der Waals surface area contributed by atoms with Crippen molar-refractivity contribution in [2.24, 2.45) is 0 Å². The molecular weight excluding hydrogens is 254 g/mol. The number of nitrogens with one attached hydrogen (secondary N) is 1. The molecule has 1 atom stereocenters. The van der Waals surface area contributed by atoms with E-state index in [4.69, 9.17) is 26.2 Å². The van der Waals surface area contributed by atoms with Crippen molar-refractivity contribution in [2.45, 2.75) is 12.5 Å². The molecule has 0 bridgehead atoms. The smallest absolute Gasteiger partial charge is 0.326 e. The van der Waals surface area contributed by atoms with Crippen molar-refractivity contribution in [1.29, 1.82) is 0 Å². The molecule has 17 heavy (non-hydrogen) atoms. The Morgan fingerprint density at radius 1 is 1.35 bits per heavy atom. The summed E-state index contributed by atoms with van der Waals surface area (Å²) in [6.45, 7) is 0. The Bertz CT molecular complexity index is 454. The minimum absolute atomic E-state index is 0.0275. The van der Waals surface area contributed by atoms with E-state index in [1.165, 1.54) is 12.1 Å². The summed E-state index contributed by atoms with van der Waals surface area (Å²) in [4.78, 5) is 32.5. The summed E-state index contributed by atoms with van der Waals surface area (Å²) in [6, 6.07) is 1.03. The molecule has 1 rings (SSSR count). The zero-order valence-electron chi connectivity index (χ0n) is 8.34. The third kappa shape index (κ3) is 3.80. The van der Waals surface area contributed by atoms with Gasteiger partial charge in [0.05, 0.1) is 6.42 Å². The summed E-state index contributed by atoms with van der Waals surface area (Å²) in [5, 5.41) is 19.1. The van der Waals surface area contributed by atoms with Crippen LogP contribution in [-0.4, -0.2) is 34.1 Å². The molecule has 0 aliphatic heterocycles. The van der Waals surface area contributed by atoms with E-state index in [2.05, 4.69) is 0 Å². The Balaban J connectivity index is 2.70. The molecule has 1 amide bonds. The normalized spacial score (nSPS) is 11.8. The first-order valence-corrected chi connectivity index (χ1v) is 4.78. The fourth-order valence-corrected chi connectivity index (χ4v) is 1.19.